The van der Waals surface area contributed by atoms with Crippen molar-refractivity contribution in [3.05, 3.63) is 52.8 Å². The molecule has 0 radical (unpaired) electrons. The van der Waals surface area contributed by atoms with Gasteiger partial charge in [-0.15, -0.1) is 0 Å². The molecular formula is C19H20N4O2. The van der Waals surface area contributed by atoms with Gasteiger partial charge in [0.1, 0.15) is 5.69 Å². The number of anilines is 2. The highest BCUT2D eigenvalue weighted by atomic mass is 16.2. The summed E-state index contributed by atoms with van der Waals surface area (Å²) in [5.74, 6) is -0.312. The zero-order valence-corrected chi connectivity index (χ0v) is 14.1. The molecule has 6 nitrogen and oxygen atoms in total. The third-order valence-corrected chi connectivity index (χ3v) is 4.72. The lowest BCUT2D eigenvalue weighted by Crippen LogP contribution is -2.23. The lowest BCUT2D eigenvalue weighted by molar-refractivity contribution is 0.0960. The van der Waals surface area contributed by atoms with E-state index in [0.29, 0.717) is 23.5 Å². The number of amides is 2. The van der Waals surface area contributed by atoms with Crippen molar-refractivity contribution in [2.45, 2.75) is 26.3 Å². The molecule has 0 saturated carbocycles. The predicted molar refractivity (Wildman–Crippen MR) is 96.0 cm³/mol. The maximum Gasteiger partial charge on any atom is 0.270 e. The average Bonchev–Trinajstić information content (AvgIpc) is 3.25. The van der Waals surface area contributed by atoms with E-state index < -0.39 is 0 Å². The SMILES string of the molecule is Cc1ccc(N2CCCC2)c(C(=O)Nc2cnc3c(c2)CNC3=O)c1. The highest BCUT2D eigenvalue weighted by Gasteiger charge is 2.22. The number of fused-ring (bicyclic) bond motifs is 1. The van der Waals surface area contributed by atoms with E-state index in [-0.39, 0.29) is 11.8 Å². The van der Waals surface area contributed by atoms with Crippen molar-refractivity contribution in [1.29, 1.82) is 0 Å². The highest BCUT2D eigenvalue weighted by molar-refractivity contribution is 6.08. The van der Waals surface area contributed by atoms with Gasteiger partial charge in [-0.1, -0.05) is 11.6 Å². The average molecular weight is 336 g/mol. The maximum atomic E-state index is 12.9. The fourth-order valence-electron chi connectivity index (χ4n) is 3.44. The predicted octanol–water partition coefficient (Wildman–Crippen LogP) is 2.49. The molecule has 4 rings (SSSR count). The van der Waals surface area contributed by atoms with Crippen LogP contribution < -0.4 is 15.5 Å². The summed E-state index contributed by atoms with van der Waals surface area (Å²) in [7, 11) is 0. The molecule has 3 heterocycles. The van der Waals surface area contributed by atoms with Crippen LogP contribution in [0.4, 0.5) is 11.4 Å². The first kappa shape index (κ1) is 15.6. The van der Waals surface area contributed by atoms with Gasteiger partial charge in [0.05, 0.1) is 17.4 Å². The molecule has 2 aliphatic rings. The zero-order valence-electron chi connectivity index (χ0n) is 14.1. The minimum Gasteiger partial charge on any atom is -0.371 e. The van der Waals surface area contributed by atoms with Crippen molar-refractivity contribution in [2.75, 3.05) is 23.3 Å². The van der Waals surface area contributed by atoms with E-state index in [4.69, 9.17) is 0 Å². The van der Waals surface area contributed by atoms with Gasteiger partial charge in [-0.2, -0.15) is 0 Å². The Bertz CT molecular complexity index is 856. The van der Waals surface area contributed by atoms with Crippen LogP contribution in [-0.4, -0.2) is 29.9 Å². The Morgan fingerprint density at radius 3 is 2.84 bits per heavy atom. The third-order valence-electron chi connectivity index (χ3n) is 4.72. The molecule has 2 amide bonds. The number of nitrogens with one attached hydrogen (secondary N) is 2. The first-order chi connectivity index (χ1) is 12.1. The maximum absolute atomic E-state index is 12.9. The van der Waals surface area contributed by atoms with Crippen molar-refractivity contribution in [1.82, 2.24) is 10.3 Å². The van der Waals surface area contributed by atoms with Crippen LogP contribution in [-0.2, 0) is 6.54 Å². The first-order valence-electron chi connectivity index (χ1n) is 8.56. The number of pyridine rings is 1. The molecule has 6 heteroatoms. The van der Waals surface area contributed by atoms with Crippen LogP contribution in [0.2, 0.25) is 0 Å². The smallest absolute Gasteiger partial charge is 0.270 e. The Morgan fingerprint density at radius 2 is 2.04 bits per heavy atom. The van der Waals surface area contributed by atoms with E-state index in [1.807, 2.05) is 31.2 Å². The number of benzene rings is 1. The number of rotatable bonds is 3. The first-order valence-corrected chi connectivity index (χ1v) is 8.56. The minimum absolute atomic E-state index is 0.148. The van der Waals surface area contributed by atoms with E-state index in [2.05, 4.69) is 20.5 Å². The number of nitrogens with zero attached hydrogens (tertiary/aromatic N) is 2. The van der Waals surface area contributed by atoms with Gasteiger partial charge < -0.3 is 15.5 Å². The van der Waals surface area contributed by atoms with Crippen LogP contribution in [0.1, 0.15) is 44.8 Å². The highest BCUT2D eigenvalue weighted by Crippen LogP contribution is 2.27. The minimum atomic E-state index is -0.164. The van der Waals surface area contributed by atoms with E-state index in [1.54, 1.807) is 0 Å². The molecule has 0 bridgehead atoms. The fraction of sp³-hybridized carbons (Fsp3) is 0.316. The molecule has 0 aliphatic carbocycles. The molecule has 1 aromatic heterocycles. The molecule has 2 aromatic rings. The normalized spacial score (nSPS) is 15.9. The lowest BCUT2D eigenvalue weighted by Gasteiger charge is -2.21. The summed E-state index contributed by atoms with van der Waals surface area (Å²) in [6, 6.07) is 7.80. The molecule has 128 valence electrons. The molecule has 2 aliphatic heterocycles. The summed E-state index contributed by atoms with van der Waals surface area (Å²) in [6.45, 7) is 4.40. The number of aromatic nitrogens is 1. The Morgan fingerprint density at radius 1 is 1.24 bits per heavy atom. The summed E-state index contributed by atoms with van der Waals surface area (Å²) < 4.78 is 0. The standard InChI is InChI=1S/C19H20N4O2/c1-12-4-5-16(23-6-2-3-7-23)15(8-12)18(24)22-14-9-13-10-21-19(25)17(13)20-11-14/h4-5,8-9,11H,2-3,6-7,10H2,1H3,(H,21,25)(H,22,24). The second-order valence-corrected chi connectivity index (χ2v) is 6.58. The van der Waals surface area contributed by atoms with Gasteiger partial charge in [0.15, 0.2) is 0 Å². The summed E-state index contributed by atoms with van der Waals surface area (Å²) in [5, 5.41) is 5.66. The molecule has 25 heavy (non-hydrogen) atoms. The van der Waals surface area contributed by atoms with Crippen LogP contribution in [0.25, 0.3) is 0 Å². The number of hydrogen-bond acceptors (Lipinski definition) is 4. The lowest BCUT2D eigenvalue weighted by atomic mass is 10.1. The molecule has 0 spiro atoms. The largest absolute Gasteiger partial charge is 0.371 e. The van der Waals surface area contributed by atoms with Crippen LogP contribution in [0.15, 0.2) is 30.5 Å². The second kappa shape index (κ2) is 6.20. The summed E-state index contributed by atoms with van der Waals surface area (Å²) in [4.78, 5) is 30.9. The quantitative estimate of drug-likeness (QED) is 0.903. The van der Waals surface area contributed by atoms with E-state index in [0.717, 1.165) is 42.7 Å². The Balaban J connectivity index is 1.61. The molecule has 1 fully saturated rings. The monoisotopic (exact) mass is 336 g/mol. The molecule has 1 saturated heterocycles. The summed E-state index contributed by atoms with van der Waals surface area (Å²) >= 11 is 0. The van der Waals surface area contributed by atoms with E-state index >= 15 is 0 Å². The van der Waals surface area contributed by atoms with Gasteiger partial charge in [0.25, 0.3) is 11.8 Å². The number of aryl methyl sites for hydroxylation is 1. The molecule has 0 atom stereocenters. The van der Waals surface area contributed by atoms with Crippen molar-refractivity contribution in [2.24, 2.45) is 0 Å². The third kappa shape index (κ3) is 2.95. The van der Waals surface area contributed by atoms with E-state index in [1.165, 1.54) is 6.20 Å². The zero-order chi connectivity index (χ0) is 17.4. The van der Waals surface area contributed by atoms with Gasteiger partial charge in [-0.25, -0.2) is 4.98 Å². The van der Waals surface area contributed by atoms with Gasteiger partial charge in [-0.3, -0.25) is 9.59 Å². The molecule has 2 N–H and O–H groups in total. The number of carbonyl (C=O) groups is 2. The molecule has 1 aromatic carbocycles. The molecule has 0 unspecified atom stereocenters. The van der Waals surface area contributed by atoms with Crippen molar-refractivity contribution < 1.29 is 9.59 Å². The number of hydrogen-bond donors (Lipinski definition) is 2. The van der Waals surface area contributed by atoms with Crippen LogP contribution in [0.5, 0.6) is 0 Å². The summed E-state index contributed by atoms with van der Waals surface area (Å²) in [5.41, 5.74) is 4.56. The fourth-order valence-corrected chi connectivity index (χ4v) is 3.44. The van der Waals surface area contributed by atoms with Crippen LogP contribution >= 0.6 is 0 Å². The topological polar surface area (TPSA) is 74.3 Å². The van der Waals surface area contributed by atoms with Gasteiger partial charge in [0, 0.05) is 30.9 Å². The Labute approximate surface area is 146 Å². The van der Waals surface area contributed by atoms with Crippen molar-refractivity contribution in [3.63, 3.8) is 0 Å². The van der Waals surface area contributed by atoms with E-state index in [9.17, 15) is 9.59 Å². The van der Waals surface area contributed by atoms with Crippen LogP contribution in [0.3, 0.4) is 0 Å². The van der Waals surface area contributed by atoms with Gasteiger partial charge >= 0.3 is 0 Å². The van der Waals surface area contributed by atoms with Gasteiger partial charge in [-0.05, 0) is 38.0 Å². The van der Waals surface area contributed by atoms with Crippen molar-refractivity contribution >= 4 is 23.2 Å². The van der Waals surface area contributed by atoms with Crippen LogP contribution in [0, 0.1) is 6.92 Å². The second-order valence-electron chi connectivity index (χ2n) is 6.58. The van der Waals surface area contributed by atoms with Crippen molar-refractivity contribution in [3.8, 4) is 0 Å². The van der Waals surface area contributed by atoms with Gasteiger partial charge in [0.2, 0.25) is 0 Å². The Hall–Kier alpha value is -2.89. The Kier molecular flexibility index (Phi) is 3.87. The molecular weight excluding hydrogens is 316 g/mol. The summed E-state index contributed by atoms with van der Waals surface area (Å²) in [6.07, 6.45) is 3.85. The number of carbonyl (C=O) groups excluding carboxylic acids is 2.